The number of alkyl carbamates (subject to hydrolysis) is 1. The van der Waals surface area contributed by atoms with E-state index in [-0.39, 0.29) is 6.09 Å². The summed E-state index contributed by atoms with van der Waals surface area (Å²) in [4.78, 5) is 11.8. The number of rotatable bonds is 5. The van der Waals surface area contributed by atoms with Gasteiger partial charge >= 0.3 is 6.09 Å². The molecule has 0 heterocycles. The zero-order valence-corrected chi connectivity index (χ0v) is 16.0. The fraction of sp³-hybridized carbons (Fsp3) is 0.944. The van der Waals surface area contributed by atoms with E-state index in [1.54, 1.807) is 0 Å². The van der Waals surface area contributed by atoms with Gasteiger partial charge in [-0.15, -0.1) is 0 Å². The standard InChI is InChI=1S/C18H34N2O2S/c1-18(2,3)22-17(21)19-12-13-7-5-10-16(13)20-14-8-6-9-15(11-14)23-4/h13-16,20H,5-12H2,1-4H3,(H,19,21). The first-order valence-corrected chi connectivity index (χ1v) is 10.4. The van der Waals surface area contributed by atoms with Gasteiger partial charge in [-0.3, -0.25) is 0 Å². The highest BCUT2D eigenvalue weighted by Crippen LogP contribution is 2.30. The molecule has 0 saturated heterocycles. The van der Waals surface area contributed by atoms with E-state index in [1.807, 2.05) is 32.5 Å². The molecule has 2 rings (SSSR count). The summed E-state index contributed by atoms with van der Waals surface area (Å²) in [5.41, 5.74) is -0.424. The third-order valence-corrected chi connectivity index (χ3v) is 6.07. The van der Waals surface area contributed by atoms with Gasteiger partial charge in [-0.2, -0.15) is 11.8 Å². The van der Waals surface area contributed by atoms with Crippen LogP contribution in [0.4, 0.5) is 4.79 Å². The van der Waals surface area contributed by atoms with Crippen LogP contribution in [-0.4, -0.2) is 41.8 Å². The van der Waals surface area contributed by atoms with Crippen LogP contribution in [0.15, 0.2) is 0 Å². The molecule has 0 bridgehead atoms. The first-order chi connectivity index (χ1) is 10.9. The predicted molar refractivity (Wildman–Crippen MR) is 98.1 cm³/mol. The summed E-state index contributed by atoms with van der Waals surface area (Å²) < 4.78 is 5.34. The van der Waals surface area contributed by atoms with Crippen LogP contribution in [0.3, 0.4) is 0 Å². The summed E-state index contributed by atoms with van der Waals surface area (Å²) in [5.74, 6) is 0.539. The number of carbonyl (C=O) groups is 1. The Labute approximate surface area is 145 Å². The average Bonchev–Trinajstić information content (AvgIpc) is 2.91. The minimum atomic E-state index is -0.424. The Morgan fingerprint density at radius 2 is 1.91 bits per heavy atom. The number of hydrogen-bond donors (Lipinski definition) is 2. The highest BCUT2D eigenvalue weighted by atomic mass is 32.2. The molecule has 2 fully saturated rings. The topological polar surface area (TPSA) is 50.4 Å². The molecule has 0 spiro atoms. The van der Waals surface area contributed by atoms with Crippen LogP contribution in [-0.2, 0) is 4.74 Å². The summed E-state index contributed by atoms with van der Waals surface area (Å²) >= 11 is 2.01. The Kier molecular flexibility index (Phi) is 7.08. The molecule has 23 heavy (non-hydrogen) atoms. The smallest absolute Gasteiger partial charge is 0.407 e. The molecule has 4 atom stereocenters. The molecule has 0 aromatic carbocycles. The van der Waals surface area contributed by atoms with Crippen molar-refractivity contribution in [3.05, 3.63) is 0 Å². The molecule has 134 valence electrons. The maximum Gasteiger partial charge on any atom is 0.407 e. The second kappa shape index (κ2) is 8.61. The summed E-state index contributed by atoms with van der Waals surface area (Å²) in [7, 11) is 0. The molecule has 0 radical (unpaired) electrons. The average molecular weight is 343 g/mol. The Hall–Kier alpha value is -0.420. The zero-order valence-electron chi connectivity index (χ0n) is 15.2. The van der Waals surface area contributed by atoms with Crippen molar-refractivity contribution in [3.63, 3.8) is 0 Å². The van der Waals surface area contributed by atoms with Crippen molar-refractivity contribution in [1.82, 2.24) is 10.6 Å². The lowest BCUT2D eigenvalue weighted by Gasteiger charge is -2.33. The Balaban J connectivity index is 1.75. The van der Waals surface area contributed by atoms with Crippen LogP contribution in [0, 0.1) is 5.92 Å². The van der Waals surface area contributed by atoms with Crippen LogP contribution in [0.2, 0.25) is 0 Å². The van der Waals surface area contributed by atoms with Crippen molar-refractivity contribution in [3.8, 4) is 0 Å². The van der Waals surface area contributed by atoms with Gasteiger partial charge in [0.15, 0.2) is 0 Å². The summed E-state index contributed by atoms with van der Waals surface area (Å²) in [6.45, 7) is 6.43. The van der Waals surface area contributed by atoms with E-state index < -0.39 is 5.60 Å². The third kappa shape index (κ3) is 6.54. The number of ether oxygens (including phenoxy) is 1. The van der Waals surface area contributed by atoms with Crippen molar-refractivity contribution >= 4 is 17.9 Å². The van der Waals surface area contributed by atoms with E-state index in [9.17, 15) is 4.79 Å². The molecule has 1 amide bonds. The molecule has 2 aliphatic rings. The third-order valence-electron chi connectivity index (χ3n) is 4.98. The molecule has 4 nitrogen and oxygen atoms in total. The zero-order chi connectivity index (χ0) is 16.9. The van der Waals surface area contributed by atoms with Crippen LogP contribution in [0.5, 0.6) is 0 Å². The minimum absolute atomic E-state index is 0.289. The first kappa shape index (κ1) is 18.9. The molecule has 0 aromatic rings. The lowest BCUT2D eigenvalue weighted by molar-refractivity contribution is 0.0517. The normalized spacial score (nSPS) is 31.8. The van der Waals surface area contributed by atoms with Gasteiger partial charge in [0, 0.05) is 23.9 Å². The predicted octanol–water partition coefficient (Wildman–Crippen LogP) is 3.94. The van der Waals surface area contributed by atoms with E-state index in [0.29, 0.717) is 18.0 Å². The summed E-state index contributed by atoms with van der Waals surface area (Å²) in [6, 6.07) is 1.21. The van der Waals surface area contributed by atoms with Gasteiger partial charge in [-0.25, -0.2) is 4.79 Å². The quantitative estimate of drug-likeness (QED) is 0.794. The lowest BCUT2D eigenvalue weighted by Crippen LogP contribution is -2.46. The van der Waals surface area contributed by atoms with Crippen molar-refractivity contribution in [2.24, 2.45) is 5.92 Å². The van der Waals surface area contributed by atoms with Crippen LogP contribution in [0.25, 0.3) is 0 Å². The monoisotopic (exact) mass is 342 g/mol. The van der Waals surface area contributed by atoms with E-state index >= 15 is 0 Å². The van der Waals surface area contributed by atoms with Gasteiger partial charge in [-0.1, -0.05) is 12.8 Å². The molecular formula is C18H34N2O2S. The number of amides is 1. The number of thioether (sulfide) groups is 1. The van der Waals surface area contributed by atoms with Crippen molar-refractivity contribution in [2.75, 3.05) is 12.8 Å². The van der Waals surface area contributed by atoms with E-state index in [4.69, 9.17) is 4.74 Å². The number of hydrogen-bond acceptors (Lipinski definition) is 4. The van der Waals surface area contributed by atoms with Crippen LogP contribution >= 0.6 is 11.8 Å². The minimum Gasteiger partial charge on any atom is -0.444 e. The number of carbonyl (C=O) groups excluding carboxylic acids is 1. The number of nitrogens with one attached hydrogen (secondary N) is 2. The molecular weight excluding hydrogens is 308 g/mol. The van der Waals surface area contributed by atoms with Crippen molar-refractivity contribution in [2.45, 2.75) is 88.7 Å². The van der Waals surface area contributed by atoms with E-state index in [1.165, 1.54) is 44.9 Å². The SMILES string of the molecule is CSC1CCCC(NC2CCCC2CNC(=O)OC(C)(C)C)C1. The Morgan fingerprint density at radius 3 is 2.61 bits per heavy atom. The van der Waals surface area contributed by atoms with Crippen molar-refractivity contribution < 1.29 is 9.53 Å². The molecule has 2 N–H and O–H groups in total. The molecule has 0 aliphatic heterocycles. The first-order valence-electron chi connectivity index (χ1n) is 9.13. The Morgan fingerprint density at radius 1 is 1.17 bits per heavy atom. The molecule has 0 aromatic heterocycles. The van der Waals surface area contributed by atoms with E-state index in [0.717, 1.165) is 11.8 Å². The summed E-state index contributed by atoms with van der Waals surface area (Å²) in [5, 5.41) is 7.68. The van der Waals surface area contributed by atoms with Gasteiger partial charge in [0.2, 0.25) is 0 Å². The maximum absolute atomic E-state index is 11.8. The van der Waals surface area contributed by atoms with Crippen LogP contribution < -0.4 is 10.6 Å². The van der Waals surface area contributed by atoms with Crippen LogP contribution in [0.1, 0.15) is 65.7 Å². The van der Waals surface area contributed by atoms with Gasteiger partial charge in [0.1, 0.15) is 5.60 Å². The second-order valence-corrected chi connectivity index (χ2v) is 9.21. The highest BCUT2D eigenvalue weighted by molar-refractivity contribution is 7.99. The fourth-order valence-electron chi connectivity index (χ4n) is 3.84. The van der Waals surface area contributed by atoms with Gasteiger partial charge < -0.3 is 15.4 Å². The van der Waals surface area contributed by atoms with Gasteiger partial charge in [0.25, 0.3) is 0 Å². The van der Waals surface area contributed by atoms with Crippen molar-refractivity contribution in [1.29, 1.82) is 0 Å². The lowest BCUT2D eigenvalue weighted by atomic mass is 9.93. The summed E-state index contributed by atoms with van der Waals surface area (Å²) in [6.07, 6.45) is 11.0. The Bertz CT molecular complexity index is 384. The van der Waals surface area contributed by atoms with Gasteiger partial charge in [0.05, 0.1) is 0 Å². The second-order valence-electron chi connectivity index (χ2n) is 8.07. The molecule has 2 saturated carbocycles. The van der Waals surface area contributed by atoms with Gasteiger partial charge in [-0.05, 0) is 65.0 Å². The highest BCUT2D eigenvalue weighted by Gasteiger charge is 2.31. The molecule has 2 aliphatic carbocycles. The molecule has 5 heteroatoms. The van der Waals surface area contributed by atoms with E-state index in [2.05, 4.69) is 16.9 Å². The molecule has 4 unspecified atom stereocenters. The largest absolute Gasteiger partial charge is 0.444 e. The fourth-order valence-corrected chi connectivity index (χ4v) is 4.67. The maximum atomic E-state index is 11.8.